The Morgan fingerprint density at radius 3 is 1.31 bits per heavy atom. The summed E-state index contributed by atoms with van der Waals surface area (Å²) in [4.78, 5) is 0. The Kier molecular flexibility index (Phi) is 11.4. The molecule has 0 unspecified atom stereocenters. The Balaban J connectivity index is 0.00000283. The molecular formula is C53H58Cl2F2Zr. The Hall–Kier alpha value is -2.97. The van der Waals surface area contributed by atoms with E-state index in [0.29, 0.717) is 0 Å². The molecule has 0 saturated heterocycles. The predicted molar refractivity (Wildman–Crippen MR) is 231 cm³/mol. The average Bonchev–Trinajstić information content (AvgIpc) is 3.84. The zero-order valence-corrected chi connectivity index (χ0v) is 40.5. The molecule has 0 aromatic heterocycles. The van der Waals surface area contributed by atoms with E-state index >= 15 is 0 Å². The first-order valence-electron chi connectivity index (χ1n) is 20.5. The molecule has 0 heterocycles. The Bertz CT molecular complexity index is 2340. The van der Waals surface area contributed by atoms with Crippen LogP contribution >= 0.6 is 0 Å². The number of hydrogen-bond acceptors (Lipinski definition) is 0. The van der Waals surface area contributed by atoms with Crippen molar-refractivity contribution in [3.8, 4) is 11.1 Å². The van der Waals surface area contributed by atoms with E-state index in [1.54, 1.807) is 24.3 Å². The van der Waals surface area contributed by atoms with Crippen LogP contribution < -0.4 is 24.8 Å². The third kappa shape index (κ3) is 7.54. The van der Waals surface area contributed by atoms with Crippen LogP contribution in [0.5, 0.6) is 0 Å². The van der Waals surface area contributed by atoms with Crippen molar-refractivity contribution in [3.63, 3.8) is 0 Å². The Morgan fingerprint density at radius 2 is 0.966 bits per heavy atom. The van der Waals surface area contributed by atoms with Crippen LogP contribution in [-0.2, 0) is 32.1 Å². The van der Waals surface area contributed by atoms with E-state index < -0.39 is 21.3 Å². The third-order valence-electron chi connectivity index (χ3n) is 12.8. The van der Waals surface area contributed by atoms with Gasteiger partial charge in [-0.3, -0.25) is 0 Å². The first-order chi connectivity index (χ1) is 26.0. The van der Waals surface area contributed by atoms with Crippen molar-refractivity contribution in [2.75, 3.05) is 0 Å². The molecule has 0 saturated carbocycles. The van der Waals surface area contributed by atoms with Crippen molar-refractivity contribution in [1.29, 1.82) is 0 Å². The molecule has 5 heteroatoms. The summed E-state index contributed by atoms with van der Waals surface area (Å²) in [6.45, 7) is 30.5. The maximum absolute atomic E-state index is 14.7. The van der Waals surface area contributed by atoms with Crippen molar-refractivity contribution < 1.29 is 54.9 Å². The number of fused-ring (bicyclic) bond motifs is 5. The molecule has 58 heavy (non-hydrogen) atoms. The van der Waals surface area contributed by atoms with Gasteiger partial charge in [0.25, 0.3) is 0 Å². The van der Waals surface area contributed by atoms with Gasteiger partial charge in [0.1, 0.15) is 0 Å². The number of hydrogen-bond donors (Lipinski definition) is 0. The molecular weight excluding hydrogens is 837 g/mol. The van der Waals surface area contributed by atoms with Gasteiger partial charge in [-0.25, -0.2) is 0 Å². The number of halogens is 4. The SMILES string of the molecule is CC(C)(C)C1=CC[C]([Zr+2](=[C](c2ccc(F)cc2)c2ccc(F)cc2)[CH]2c3cc4c(cc3-c3cc5c(cc32)C(C)(C)C=C5C(C)(C)C)C(C(C)(C)C)=CC4(C)C)=C1.[Cl-].[Cl-]. The van der Waals surface area contributed by atoms with Crippen LogP contribution in [0.25, 0.3) is 22.3 Å². The molecule has 302 valence electrons. The van der Waals surface area contributed by atoms with Gasteiger partial charge >= 0.3 is 345 Å². The standard InChI is InChI=1S/C31H37.C13H8F2.C9H13.2ClH.Zr/c1-28(2,3)26-16-30(7,8)24-12-18-11-19-13-25-23(15-21(19)20(18)14-22(24)26)27(29(4,5)6)17-31(25,9)10;14-12-5-1-10(2-6-12)9-11-3-7-13(15)8-4-11;1-9(2,3)8-6-4-5-7-8;;;/h11-17H,1-10H3;1-8H;6-7H,4H2,1-3H3;2*1H;/q;;;;;+2/p-2. The van der Waals surface area contributed by atoms with E-state index in [1.807, 2.05) is 24.3 Å². The molecule has 4 aromatic rings. The van der Waals surface area contributed by atoms with E-state index in [2.05, 4.69) is 139 Å². The molecule has 4 aliphatic rings. The van der Waals surface area contributed by atoms with E-state index in [-0.39, 0.29) is 67.1 Å². The van der Waals surface area contributed by atoms with Crippen molar-refractivity contribution in [2.45, 2.75) is 111 Å². The van der Waals surface area contributed by atoms with Crippen molar-refractivity contribution >= 4 is 14.4 Å². The van der Waals surface area contributed by atoms with Gasteiger partial charge in [-0.15, -0.1) is 0 Å². The molecule has 0 nitrogen and oxygen atoms in total. The van der Waals surface area contributed by atoms with Gasteiger partial charge in [0, 0.05) is 0 Å². The van der Waals surface area contributed by atoms with E-state index in [9.17, 15) is 8.78 Å². The minimum atomic E-state index is -3.23. The van der Waals surface area contributed by atoms with Gasteiger partial charge in [-0.2, -0.15) is 0 Å². The zero-order valence-electron chi connectivity index (χ0n) is 36.5. The molecule has 0 spiro atoms. The molecule has 8 rings (SSSR count). The fourth-order valence-corrected chi connectivity index (χ4v) is 18.9. The first kappa shape index (κ1) is 44.6. The Labute approximate surface area is 367 Å². The van der Waals surface area contributed by atoms with Crippen molar-refractivity contribution in [3.05, 3.63) is 162 Å². The van der Waals surface area contributed by atoms with Gasteiger partial charge in [-0.05, 0) is 0 Å². The molecule has 0 radical (unpaired) electrons. The zero-order chi connectivity index (χ0) is 40.5. The second-order valence-electron chi connectivity index (χ2n) is 21.0. The first-order valence-corrected chi connectivity index (χ1v) is 24.4. The minimum Gasteiger partial charge on any atom is -1.00 e. The summed E-state index contributed by atoms with van der Waals surface area (Å²) < 4.78 is 32.5. The summed E-state index contributed by atoms with van der Waals surface area (Å²) in [7, 11) is 0. The quantitative estimate of drug-likeness (QED) is 0.193. The maximum atomic E-state index is 14.7. The average molecular weight is 895 g/mol. The van der Waals surface area contributed by atoms with Gasteiger partial charge in [-0.1, -0.05) is 0 Å². The smallest absolute Gasteiger partial charge is 1.00 e. The summed E-state index contributed by atoms with van der Waals surface area (Å²) in [5.41, 5.74) is 17.2. The number of benzene rings is 4. The monoisotopic (exact) mass is 892 g/mol. The predicted octanol–water partition coefficient (Wildman–Crippen LogP) is 8.63. The third-order valence-corrected chi connectivity index (χ3v) is 21.0. The van der Waals surface area contributed by atoms with Crippen molar-refractivity contribution in [2.24, 2.45) is 16.2 Å². The minimum absolute atomic E-state index is 0. The van der Waals surface area contributed by atoms with Crippen LogP contribution in [0, 0.1) is 27.9 Å². The summed E-state index contributed by atoms with van der Waals surface area (Å²) >= 11 is -3.23. The van der Waals surface area contributed by atoms with Gasteiger partial charge in [0.2, 0.25) is 0 Å². The Morgan fingerprint density at radius 1 is 0.569 bits per heavy atom. The van der Waals surface area contributed by atoms with E-state index in [1.165, 1.54) is 67.7 Å². The van der Waals surface area contributed by atoms with Crippen molar-refractivity contribution in [1.82, 2.24) is 0 Å². The fourth-order valence-electron chi connectivity index (χ4n) is 9.88. The molecule has 0 atom stereocenters. The number of allylic oxidation sites excluding steroid dienone is 8. The molecule has 0 amide bonds. The molecule has 4 aromatic carbocycles. The molecule has 4 aliphatic carbocycles. The van der Waals surface area contributed by atoms with E-state index in [4.69, 9.17) is 0 Å². The van der Waals surface area contributed by atoms with Gasteiger partial charge in [0.15, 0.2) is 0 Å². The summed E-state index contributed by atoms with van der Waals surface area (Å²) in [6.07, 6.45) is 10.9. The summed E-state index contributed by atoms with van der Waals surface area (Å²) in [6, 6.07) is 24.6. The second kappa shape index (κ2) is 14.9. The molecule has 0 fully saturated rings. The molecule has 0 bridgehead atoms. The van der Waals surface area contributed by atoms with Gasteiger partial charge in [0.05, 0.1) is 0 Å². The number of rotatable bonds is 4. The van der Waals surface area contributed by atoms with E-state index in [0.717, 1.165) is 17.5 Å². The maximum Gasteiger partial charge on any atom is -1.00 e. The van der Waals surface area contributed by atoms with Crippen LogP contribution in [0.1, 0.15) is 145 Å². The van der Waals surface area contributed by atoms with Crippen LogP contribution in [0.4, 0.5) is 8.78 Å². The summed E-state index contributed by atoms with van der Waals surface area (Å²) in [5, 5.41) is 0. The largest absolute Gasteiger partial charge is 1.00 e. The normalized spacial score (nSPS) is 17.3. The van der Waals surface area contributed by atoms with Crippen LogP contribution in [0.2, 0.25) is 0 Å². The fraction of sp³-hybridized carbons (Fsp3) is 0.377. The van der Waals surface area contributed by atoms with Gasteiger partial charge < -0.3 is 24.8 Å². The van der Waals surface area contributed by atoms with Crippen LogP contribution in [-0.4, -0.2) is 3.21 Å². The second-order valence-corrected chi connectivity index (χ2v) is 27.3. The van der Waals surface area contributed by atoms with Crippen LogP contribution in [0.15, 0.2) is 106 Å². The topological polar surface area (TPSA) is 0 Å². The summed E-state index contributed by atoms with van der Waals surface area (Å²) in [5.74, 6) is -0.490. The van der Waals surface area contributed by atoms with Crippen LogP contribution in [0.3, 0.4) is 0 Å². The molecule has 0 N–H and O–H groups in total. The molecule has 0 aliphatic heterocycles.